The fraction of sp³-hybridized carbons (Fsp3) is 0.455. The van der Waals surface area contributed by atoms with Crippen LogP contribution < -0.4 is 4.90 Å². The number of anilines is 1. The summed E-state index contributed by atoms with van der Waals surface area (Å²) in [5, 5.41) is 1.78. The van der Waals surface area contributed by atoms with Gasteiger partial charge in [0.1, 0.15) is 6.04 Å². The molecule has 1 aromatic heterocycles. The van der Waals surface area contributed by atoms with Crippen LogP contribution in [0.15, 0.2) is 47.6 Å². The summed E-state index contributed by atoms with van der Waals surface area (Å²) in [5.74, 6) is 0. The third kappa shape index (κ3) is 3.02. The van der Waals surface area contributed by atoms with Gasteiger partial charge in [0, 0.05) is 36.8 Å². The second kappa shape index (κ2) is 6.86. The van der Waals surface area contributed by atoms with Gasteiger partial charge >= 0.3 is 0 Å². The Balaban J connectivity index is 1.52. The van der Waals surface area contributed by atoms with Crippen LogP contribution in [-0.4, -0.2) is 39.9 Å². The number of thioether (sulfide) groups is 1. The van der Waals surface area contributed by atoms with Crippen molar-refractivity contribution in [2.24, 2.45) is 4.99 Å². The molecule has 0 N–H and O–H groups in total. The van der Waals surface area contributed by atoms with Crippen molar-refractivity contribution in [1.82, 2.24) is 9.88 Å². The zero-order valence-corrected chi connectivity index (χ0v) is 16.8. The summed E-state index contributed by atoms with van der Waals surface area (Å²) in [6, 6.07) is 13.5. The number of aryl methyl sites for hydroxylation is 1. The Kier molecular flexibility index (Phi) is 4.35. The van der Waals surface area contributed by atoms with E-state index in [9.17, 15) is 0 Å². The molecule has 5 heteroatoms. The molecule has 0 amide bonds. The minimum atomic E-state index is 0.0817. The highest BCUT2D eigenvalue weighted by Crippen LogP contribution is 2.48. The number of pyridine rings is 1. The Labute approximate surface area is 165 Å². The smallest absolute Gasteiger partial charge is 0.160 e. The van der Waals surface area contributed by atoms with Gasteiger partial charge in [-0.1, -0.05) is 36.9 Å². The molecule has 0 spiro atoms. The van der Waals surface area contributed by atoms with E-state index in [0.29, 0.717) is 5.25 Å². The number of hydrogen-bond donors (Lipinski definition) is 0. The van der Waals surface area contributed by atoms with Crippen molar-refractivity contribution in [3.05, 3.63) is 59.4 Å². The third-order valence-electron chi connectivity index (χ3n) is 5.89. The summed E-state index contributed by atoms with van der Waals surface area (Å²) >= 11 is 1.90. The van der Waals surface area contributed by atoms with Crippen LogP contribution in [0, 0.1) is 6.92 Å². The number of benzene rings is 1. The minimum Gasteiger partial charge on any atom is -0.371 e. The maximum atomic E-state index is 5.09. The molecular formula is C22H26N4S. The van der Waals surface area contributed by atoms with Gasteiger partial charge in [-0.25, -0.2) is 0 Å². The van der Waals surface area contributed by atoms with Gasteiger partial charge in [-0.15, -0.1) is 0 Å². The first-order valence-electron chi connectivity index (χ1n) is 9.98. The maximum absolute atomic E-state index is 5.09. The molecule has 27 heavy (non-hydrogen) atoms. The standard InChI is InChI=1S/C22H26N4S/c1-15-13-17(8-9-19(15)25-11-5-6-12-25)21-20(18-7-3-4-10-23-18)24-22-26(21)14-16(2)27-22/h3-4,7-10,13,16,20-21H,5-6,11-12,14H2,1-2H3. The van der Waals surface area contributed by atoms with Crippen LogP contribution >= 0.6 is 11.8 Å². The minimum absolute atomic E-state index is 0.0817. The lowest BCUT2D eigenvalue weighted by Crippen LogP contribution is -2.28. The Morgan fingerprint density at radius 1 is 1.11 bits per heavy atom. The second-order valence-electron chi connectivity index (χ2n) is 7.88. The van der Waals surface area contributed by atoms with Gasteiger partial charge in [-0.3, -0.25) is 9.98 Å². The van der Waals surface area contributed by atoms with Gasteiger partial charge in [0.2, 0.25) is 0 Å². The van der Waals surface area contributed by atoms with Crippen molar-refractivity contribution in [3.63, 3.8) is 0 Å². The normalized spacial score (nSPS) is 27.2. The van der Waals surface area contributed by atoms with Crippen LogP contribution in [-0.2, 0) is 0 Å². The molecule has 0 bridgehead atoms. The van der Waals surface area contributed by atoms with E-state index < -0.39 is 0 Å². The molecule has 140 valence electrons. The lowest BCUT2D eigenvalue weighted by Gasteiger charge is -2.29. The van der Waals surface area contributed by atoms with E-state index in [1.54, 1.807) is 0 Å². The Hall–Kier alpha value is -2.01. The van der Waals surface area contributed by atoms with E-state index in [1.165, 1.54) is 47.9 Å². The maximum Gasteiger partial charge on any atom is 0.160 e. The molecule has 2 saturated heterocycles. The molecule has 0 radical (unpaired) electrons. The van der Waals surface area contributed by atoms with E-state index in [2.05, 4.69) is 59.0 Å². The molecule has 3 unspecified atom stereocenters. The van der Waals surface area contributed by atoms with E-state index >= 15 is 0 Å². The number of fused-ring (bicyclic) bond motifs is 1. The monoisotopic (exact) mass is 378 g/mol. The lowest BCUT2D eigenvalue weighted by atomic mass is 9.94. The molecule has 1 aromatic carbocycles. The summed E-state index contributed by atoms with van der Waals surface area (Å²) in [7, 11) is 0. The second-order valence-corrected chi connectivity index (χ2v) is 9.28. The highest BCUT2D eigenvalue weighted by Gasteiger charge is 2.43. The molecule has 2 aromatic rings. The summed E-state index contributed by atoms with van der Waals surface area (Å²) < 4.78 is 0. The number of hydrogen-bond acceptors (Lipinski definition) is 5. The quantitative estimate of drug-likeness (QED) is 0.782. The summed E-state index contributed by atoms with van der Waals surface area (Å²) in [5.41, 5.74) is 5.20. The van der Waals surface area contributed by atoms with Gasteiger partial charge < -0.3 is 9.80 Å². The largest absolute Gasteiger partial charge is 0.371 e. The lowest BCUT2D eigenvalue weighted by molar-refractivity contribution is 0.321. The first-order chi connectivity index (χ1) is 13.2. The average molecular weight is 379 g/mol. The van der Waals surface area contributed by atoms with E-state index in [-0.39, 0.29) is 12.1 Å². The topological polar surface area (TPSA) is 31.7 Å². The average Bonchev–Trinajstić information content (AvgIpc) is 3.38. The number of nitrogens with zero attached hydrogens (tertiary/aromatic N) is 4. The van der Waals surface area contributed by atoms with Crippen molar-refractivity contribution >= 4 is 22.6 Å². The number of rotatable bonds is 3. The van der Waals surface area contributed by atoms with Gasteiger partial charge in [-0.05, 0) is 49.1 Å². The molecule has 4 heterocycles. The van der Waals surface area contributed by atoms with Crippen LogP contribution in [0.4, 0.5) is 5.69 Å². The molecule has 3 aliphatic heterocycles. The molecule has 0 aliphatic carbocycles. The van der Waals surface area contributed by atoms with Crippen molar-refractivity contribution in [3.8, 4) is 0 Å². The van der Waals surface area contributed by atoms with Gasteiger partial charge in [0.05, 0.1) is 11.7 Å². The van der Waals surface area contributed by atoms with Gasteiger partial charge in [0.15, 0.2) is 5.17 Å². The first kappa shape index (κ1) is 17.1. The fourth-order valence-corrected chi connectivity index (χ4v) is 5.75. The van der Waals surface area contributed by atoms with Crippen molar-refractivity contribution in [1.29, 1.82) is 0 Å². The molecule has 3 aliphatic rings. The predicted molar refractivity (Wildman–Crippen MR) is 114 cm³/mol. The van der Waals surface area contributed by atoms with Crippen LogP contribution in [0.25, 0.3) is 0 Å². The van der Waals surface area contributed by atoms with Crippen molar-refractivity contribution in [2.75, 3.05) is 24.5 Å². The van der Waals surface area contributed by atoms with Crippen LogP contribution in [0.2, 0.25) is 0 Å². The Morgan fingerprint density at radius 3 is 2.70 bits per heavy atom. The van der Waals surface area contributed by atoms with Crippen LogP contribution in [0.1, 0.15) is 48.7 Å². The Morgan fingerprint density at radius 2 is 1.96 bits per heavy atom. The van der Waals surface area contributed by atoms with Crippen molar-refractivity contribution < 1.29 is 0 Å². The molecule has 5 rings (SSSR count). The Bertz CT molecular complexity index is 860. The molecule has 4 nitrogen and oxygen atoms in total. The third-order valence-corrected chi connectivity index (χ3v) is 6.99. The zero-order valence-electron chi connectivity index (χ0n) is 16.0. The first-order valence-corrected chi connectivity index (χ1v) is 10.9. The SMILES string of the molecule is Cc1cc(C2C(c3ccccn3)N=C3SC(C)CN32)ccc1N1CCCC1. The number of aromatic nitrogens is 1. The predicted octanol–water partition coefficient (Wildman–Crippen LogP) is 4.58. The van der Waals surface area contributed by atoms with Gasteiger partial charge in [0.25, 0.3) is 0 Å². The van der Waals surface area contributed by atoms with E-state index in [0.717, 1.165) is 12.2 Å². The highest BCUT2D eigenvalue weighted by molar-refractivity contribution is 8.14. The number of aliphatic imine (C=N–C) groups is 1. The highest BCUT2D eigenvalue weighted by atomic mass is 32.2. The van der Waals surface area contributed by atoms with E-state index in [4.69, 9.17) is 4.99 Å². The summed E-state index contributed by atoms with van der Waals surface area (Å²) in [6.07, 6.45) is 4.50. The van der Waals surface area contributed by atoms with Crippen LogP contribution in [0.3, 0.4) is 0 Å². The summed E-state index contributed by atoms with van der Waals surface area (Å²) in [4.78, 5) is 14.8. The van der Waals surface area contributed by atoms with Crippen LogP contribution in [0.5, 0.6) is 0 Å². The fourth-order valence-electron chi connectivity index (χ4n) is 4.65. The summed E-state index contributed by atoms with van der Waals surface area (Å²) in [6.45, 7) is 7.98. The van der Waals surface area contributed by atoms with Crippen molar-refractivity contribution in [2.45, 2.75) is 44.0 Å². The zero-order chi connectivity index (χ0) is 18.4. The molecule has 3 atom stereocenters. The number of amidine groups is 1. The molecular weight excluding hydrogens is 352 g/mol. The molecule has 0 saturated carbocycles. The molecule has 2 fully saturated rings. The van der Waals surface area contributed by atoms with Gasteiger partial charge in [-0.2, -0.15) is 0 Å². The van der Waals surface area contributed by atoms with E-state index in [1.807, 2.05) is 24.0 Å².